The standard InChI is InChI=1S/C26H28N8/c1-33(2)16-17-12-18(15-27-14-17)20-6-7-21-24(29-20)25(32-31-21)22-13-19-23(8-9-28-26(19)30-22)34-10-4-3-5-11-34/h6-9,12-15H,3-5,10-11,16H2,1-2H3,(H,28,30)(H,31,32). The fourth-order valence-corrected chi connectivity index (χ4v) is 4.88. The van der Waals surface area contributed by atoms with Gasteiger partial charge in [-0.25, -0.2) is 9.97 Å². The lowest BCUT2D eigenvalue weighted by Crippen LogP contribution is -2.29. The highest BCUT2D eigenvalue weighted by molar-refractivity contribution is 5.97. The summed E-state index contributed by atoms with van der Waals surface area (Å²) in [5, 5.41) is 8.88. The van der Waals surface area contributed by atoms with E-state index in [0.717, 1.165) is 69.9 Å². The van der Waals surface area contributed by atoms with Gasteiger partial charge in [0.05, 0.1) is 16.9 Å². The van der Waals surface area contributed by atoms with Crippen molar-refractivity contribution in [1.29, 1.82) is 0 Å². The maximum absolute atomic E-state index is 4.99. The summed E-state index contributed by atoms with van der Waals surface area (Å²) in [5.41, 5.74) is 8.62. The first-order valence-corrected chi connectivity index (χ1v) is 11.8. The summed E-state index contributed by atoms with van der Waals surface area (Å²) in [4.78, 5) is 22.1. The van der Waals surface area contributed by atoms with Gasteiger partial charge in [-0.3, -0.25) is 10.1 Å². The Morgan fingerprint density at radius 2 is 1.91 bits per heavy atom. The monoisotopic (exact) mass is 452 g/mol. The minimum atomic E-state index is 0.803. The average molecular weight is 453 g/mol. The molecule has 172 valence electrons. The molecule has 1 fully saturated rings. The van der Waals surface area contributed by atoms with E-state index in [9.17, 15) is 0 Å². The summed E-state index contributed by atoms with van der Waals surface area (Å²) >= 11 is 0. The largest absolute Gasteiger partial charge is 0.371 e. The molecule has 0 unspecified atom stereocenters. The highest BCUT2D eigenvalue weighted by Gasteiger charge is 2.18. The van der Waals surface area contributed by atoms with Crippen molar-refractivity contribution in [3.05, 3.63) is 54.5 Å². The summed E-state index contributed by atoms with van der Waals surface area (Å²) < 4.78 is 0. The van der Waals surface area contributed by atoms with Crippen LogP contribution in [0.3, 0.4) is 0 Å². The molecule has 0 amide bonds. The van der Waals surface area contributed by atoms with E-state index in [2.05, 4.69) is 67.2 Å². The van der Waals surface area contributed by atoms with Crippen LogP contribution in [0.2, 0.25) is 0 Å². The van der Waals surface area contributed by atoms with Gasteiger partial charge in [-0.05, 0) is 69.3 Å². The van der Waals surface area contributed by atoms with Crippen molar-refractivity contribution >= 4 is 27.8 Å². The first-order valence-electron chi connectivity index (χ1n) is 11.8. The maximum Gasteiger partial charge on any atom is 0.139 e. The molecule has 0 saturated carbocycles. The van der Waals surface area contributed by atoms with E-state index in [4.69, 9.17) is 4.98 Å². The molecule has 8 heteroatoms. The minimum Gasteiger partial charge on any atom is -0.371 e. The van der Waals surface area contributed by atoms with Gasteiger partial charge in [0.15, 0.2) is 0 Å². The van der Waals surface area contributed by atoms with Gasteiger partial charge >= 0.3 is 0 Å². The molecule has 0 radical (unpaired) electrons. The summed E-state index contributed by atoms with van der Waals surface area (Å²) in [6.45, 7) is 3.02. The van der Waals surface area contributed by atoms with Gasteiger partial charge < -0.3 is 14.8 Å². The predicted molar refractivity (Wildman–Crippen MR) is 136 cm³/mol. The van der Waals surface area contributed by atoms with Crippen molar-refractivity contribution in [2.24, 2.45) is 0 Å². The van der Waals surface area contributed by atoms with Crippen LogP contribution in [-0.4, -0.2) is 62.2 Å². The molecule has 5 aromatic heterocycles. The number of anilines is 1. The molecule has 6 heterocycles. The summed E-state index contributed by atoms with van der Waals surface area (Å²) in [5.74, 6) is 0. The Labute approximate surface area is 198 Å². The Morgan fingerprint density at radius 1 is 1.03 bits per heavy atom. The second-order valence-electron chi connectivity index (χ2n) is 9.31. The molecule has 1 aliphatic heterocycles. The molecule has 8 nitrogen and oxygen atoms in total. The van der Waals surface area contributed by atoms with Gasteiger partial charge in [-0.2, -0.15) is 5.10 Å². The normalized spacial score (nSPS) is 14.5. The molecule has 0 atom stereocenters. The van der Waals surface area contributed by atoms with Crippen molar-refractivity contribution in [2.75, 3.05) is 32.1 Å². The van der Waals surface area contributed by atoms with Gasteiger partial charge in [0.25, 0.3) is 0 Å². The highest BCUT2D eigenvalue weighted by Crippen LogP contribution is 2.33. The number of H-pyrrole nitrogens is 2. The molecule has 0 spiro atoms. The Hall–Kier alpha value is -3.78. The zero-order valence-corrected chi connectivity index (χ0v) is 19.5. The van der Waals surface area contributed by atoms with Crippen LogP contribution < -0.4 is 4.90 Å². The van der Waals surface area contributed by atoms with Crippen LogP contribution in [0.5, 0.6) is 0 Å². The van der Waals surface area contributed by atoms with E-state index in [-0.39, 0.29) is 0 Å². The lowest BCUT2D eigenvalue weighted by molar-refractivity contribution is 0.402. The van der Waals surface area contributed by atoms with Crippen molar-refractivity contribution in [3.63, 3.8) is 0 Å². The van der Waals surface area contributed by atoms with Crippen molar-refractivity contribution in [3.8, 4) is 22.6 Å². The third-order valence-corrected chi connectivity index (χ3v) is 6.46. The Kier molecular flexibility index (Phi) is 5.22. The number of aromatic nitrogens is 6. The van der Waals surface area contributed by atoms with Gasteiger partial charge in [0.1, 0.15) is 16.9 Å². The number of aromatic amines is 2. The first kappa shape index (κ1) is 20.8. The molecule has 1 saturated heterocycles. The minimum absolute atomic E-state index is 0.803. The van der Waals surface area contributed by atoms with Crippen molar-refractivity contribution in [2.45, 2.75) is 25.8 Å². The van der Waals surface area contributed by atoms with Crippen LogP contribution in [0.25, 0.3) is 44.7 Å². The quantitative estimate of drug-likeness (QED) is 0.405. The Bertz CT molecular complexity index is 1460. The van der Waals surface area contributed by atoms with Gasteiger partial charge in [0.2, 0.25) is 0 Å². The lowest BCUT2D eigenvalue weighted by atomic mass is 10.1. The molecule has 1 aliphatic rings. The van der Waals surface area contributed by atoms with Crippen LogP contribution in [0.1, 0.15) is 24.8 Å². The Balaban J connectivity index is 1.41. The number of piperidine rings is 1. The maximum atomic E-state index is 4.99. The molecule has 34 heavy (non-hydrogen) atoms. The smallest absolute Gasteiger partial charge is 0.139 e. The van der Waals surface area contributed by atoms with Crippen LogP contribution >= 0.6 is 0 Å². The Morgan fingerprint density at radius 3 is 2.76 bits per heavy atom. The third kappa shape index (κ3) is 3.80. The lowest BCUT2D eigenvalue weighted by Gasteiger charge is -2.29. The molecular formula is C26H28N8. The van der Waals surface area contributed by atoms with Crippen molar-refractivity contribution in [1.82, 2.24) is 35.0 Å². The molecule has 6 rings (SSSR count). The van der Waals surface area contributed by atoms with E-state index < -0.39 is 0 Å². The summed E-state index contributed by atoms with van der Waals surface area (Å²) in [7, 11) is 4.11. The molecule has 0 bridgehead atoms. The number of hydrogen-bond donors (Lipinski definition) is 2. The van der Waals surface area contributed by atoms with Crippen LogP contribution in [-0.2, 0) is 6.54 Å². The van der Waals surface area contributed by atoms with E-state index in [1.54, 1.807) is 0 Å². The fraction of sp³-hybridized carbons (Fsp3) is 0.308. The summed E-state index contributed by atoms with van der Waals surface area (Å²) in [6.07, 6.45) is 9.45. The number of fused-ring (bicyclic) bond motifs is 2. The second kappa shape index (κ2) is 8.53. The SMILES string of the molecule is CN(C)Cc1cncc(-c2ccc3[nH]nc(-c4cc5c(N6CCCCC6)ccnc5[nH]4)c3n2)c1. The number of rotatable bonds is 5. The number of pyridine rings is 3. The fourth-order valence-electron chi connectivity index (χ4n) is 4.88. The molecule has 0 aliphatic carbocycles. The number of hydrogen-bond acceptors (Lipinski definition) is 6. The topological polar surface area (TPSA) is 89.6 Å². The van der Waals surface area contributed by atoms with E-state index in [1.165, 1.54) is 24.9 Å². The summed E-state index contributed by atoms with van der Waals surface area (Å²) in [6, 6.07) is 10.5. The van der Waals surface area contributed by atoms with Crippen LogP contribution in [0.4, 0.5) is 5.69 Å². The number of nitrogens with zero attached hydrogens (tertiary/aromatic N) is 6. The van der Waals surface area contributed by atoms with Crippen molar-refractivity contribution < 1.29 is 0 Å². The van der Waals surface area contributed by atoms with E-state index >= 15 is 0 Å². The molecule has 0 aromatic carbocycles. The van der Waals surface area contributed by atoms with Gasteiger partial charge in [0, 0.05) is 54.9 Å². The predicted octanol–water partition coefficient (Wildman–Crippen LogP) is 4.62. The van der Waals surface area contributed by atoms with Crippen LogP contribution in [0, 0.1) is 0 Å². The zero-order valence-electron chi connectivity index (χ0n) is 19.5. The van der Waals surface area contributed by atoms with Gasteiger partial charge in [-0.1, -0.05) is 0 Å². The first-order chi connectivity index (χ1) is 16.7. The highest BCUT2D eigenvalue weighted by atomic mass is 15.1. The van der Waals surface area contributed by atoms with E-state index in [0.29, 0.717) is 0 Å². The average Bonchev–Trinajstić information content (AvgIpc) is 3.48. The van der Waals surface area contributed by atoms with E-state index in [1.807, 2.05) is 30.7 Å². The molecule has 2 N–H and O–H groups in total. The molecular weight excluding hydrogens is 424 g/mol. The second-order valence-corrected chi connectivity index (χ2v) is 9.31. The third-order valence-electron chi connectivity index (χ3n) is 6.46. The van der Waals surface area contributed by atoms with Gasteiger partial charge in [-0.15, -0.1) is 0 Å². The van der Waals surface area contributed by atoms with Crippen LogP contribution in [0.15, 0.2) is 48.9 Å². The number of nitrogens with one attached hydrogen (secondary N) is 2. The molecule has 5 aromatic rings. The zero-order chi connectivity index (χ0) is 23.1.